The number of hydrogen-bond donors (Lipinski definition) is 2. The molecule has 2 N–H and O–H groups in total. The SMILES string of the molecule is N=C(Cc1ccc2ncccc2c1)n1nc(-c2cc(F)cc(C=O)c2)ccc1=N. The number of fused-ring (bicyclic) bond motifs is 1. The minimum atomic E-state index is -0.548. The normalized spacial score (nSPS) is 10.8. The number of pyridine rings is 1. The minimum Gasteiger partial charge on any atom is -0.298 e. The Labute approximate surface area is 165 Å². The fraction of sp³-hybridized carbons (Fsp3) is 0.0455. The van der Waals surface area contributed by atoms with Crippen LogP contribution in [-0.4, -0.2) is 26.9 Å². The predicted molar refractivity (Wildman–Crippen MR) is 107 cm³/mol. The second-order valence-corrected chi connectivity index (χ2v) is 6.56. The largest absolute Gasteiger partial charge is 0.298 e. The molecule has 0 fully saturated rings. The summed E-state index contributed by atoms with van der Waals surface area (Å²) in [5.74, 6) is -0.445. The van der Waals surface area contributed by atoms with E-state index in [1.54, 1.807) is 12.3 Å². The molecule has 2 heterocycles. The van der Waals surface area contributed by atoms with E-state index in [1.165, 1.54) is 22.9 Å². The van der Waals surface area contributed by atoms with Crippen LogP contribution in [0.3, 0.4) is 0 Å². The van der Waals surface area contributed by atoms with Gasteiger partial charge in [-0.1, -0.05) is 12.1 Å². The molecular formula is C22H16FN5O. The van der Waals surface area contributed by atoms with E-state index >= 15 is 0 Å². The molecule has 0 saturated heterocycles. The first-order valence-electron chi connectivity index (χ1n) is 8.86. The molecule has 0 amide bonds. The lowest BCUT2D eigenvalue weighted by Gasteiger charge is -2.11. The Kier molecular flexibility index (Phi) is 4.78. The molecule has 0 atom stereocenters. The molecule has 4 aromatic rings. The molecule has 0 unspecified atom stereocenters. The van der Waals surface area contributed by atoms with E-state index in [0.29, 0.717) is 17.5 Å². The van der Waals surface area contributed by atoms with Crippen molar-refractivity contribution in [2.24, 2.45) is 0 Å². The van der Waals surface area contributed by atoms with Crippen LogP contribution in [-0.2, 0) is 6.42 Å². The van der Waals surface area contributed by atoms with Gasteiger partial charge in [-0.25, -0.2) is 9.07 Å². The van der Waals surface area contributed by atoms with Gasteiger partial charge >= 0.3 is 0 Å². The summed E-state index contributed by atoms with van der Waals surface area (Å²) in [5.41, 5.74) is 2.77. The molecule has 7 heteroatoms. The first-order valence-corrected chi connectivity index (χ1v) is 8.86. The van der Waals surface area contributed by atoms with Gasteiger partial charge in [0.1, 0.15) is 23.4 Å². The lowest BCUT2D eigenvalue weighted by Crippen LogP contribution is -2.30. The van der Waals surface area contributed by atoms with Crippen molar-refractivity contribution in [3.8, 4) is 11.3 Å². The van der Waals surface area contributed by atoms with E-state index in [4.69, 9.17) is 10.8 Å². The number of rotatable bonds is 4. The number of benzene rings is 2. The highest BCUT2D eigenvalue weighted by Crippen LogP contribution is 2.19. The minimum absolute atomic E-state index is 0.0354. The average Bonchev–Trinajstić information content (AvgIpc) is 2.73. The van der Waals surface area contributed by atoms with E-state index < -0.39 is 5.82 Å². The van der Waals surface area contributed by atoms with Gasteiger partial charge in [-0.3, -0.25) is 20.6 Å². The summed E-state index contributed by atoms with van der Waals surface area (Å²) in [7, 11) is 0. The van der Waals surface area contributed by atoms with E-state index in [1.807, 2.05) is 30.3 Å². The van der Waals surface area contributed by atoms with Gasteiger partial charge in [-0.05, 0) is 54.1 Å². The number of carbonyl (C=O) groups excluding carboxylic acids is 1. The molecule has 0 aliphatic rings. The highest BCUT2D eigenvalue weighted by Gasteiger charge is 2.10. The van der Waals surface area contributed by atoms with Crippen LogP contribution in [0.5, 0.6) is 0 Å². The van der Waals surface area contributed by atoms with Crippen molar-refractivity contribution in [3.05, 3.63) is 89.3 Å². The molecule has 0 bridgehead atoms. The van der Waals surface area contributed by atoms with E-state index in [9.17, 15) is 9.18 Å². The van der Waals surface area contributed by atoms with Crippen LogP contribution in [0, 0.1) is 16.6 Å². The highest BCUT2D eigenvalue weighted by molar-refractivity contribution is 5.85. The standard InChI is InChI=1S/C22H16FN5O/c23-18-10-15(13-29)9-17(12-18)20-5-6-21(24)28(27-20)22(25)11-14-3-4-19-16(8-14)2-1-7-26-19/h1-10,12-13,24-25H,11H2. The number of nitrogens with zero attached hydrogens (tertiary/aromatic N) is 3. The maximum Gasteiger partial charge on any atom is 0.150 e. The molecule has 2 aromatic carbocycles. The third-order valence-electron chi connectivity index (χ3n) is 4.48. The molecule has 6 nitrogen and oxygen atoms in total. The first-order chi connectivity index (χ1) is 14.0. The Morgan fingerprint density at radius 2 is 1.97 bits per heavy atom. The highest BCUT2D eigenvalue weighted by atomic mass is 19.1. The van der Waals surface area contributed by atoms with Crippen LogP contribution in [0.4, 0.5) is 4.39 Å². The van der Waals surface area contributed by atoms with Crippen molar-refractivity contribution < 1.29 is 9.18 Å². The van der Waals surface area contributed by atoms with Crippen LogP contribution in [0.1, 0.15) is 15.9 Å². The quantitative estimate of drug-likeness (QED) is 0.319. The van der Waals surface area contributed by atoms with Crippen molar-refractivity contribution in [3.63, 3.8) is 0 Å². The number of aldehydes is 1. The van der Waals surface area contributed by atoms with Gasteiger partial charge in [0.25, 0.3) is 0 Å². The van der Waals surface area contributed by atoms with Crippen molar-refractivity contribution in [2.75, 3.05) is 0 Å². The van der Waals surface area contributed by atoms with E-state index in [2.05, 4.69) is 10.1 Å². The summed E-state index contributed by atoms with van der Waals surface area (Å²) in [6.45, 7) is 0. The Morgan fingerprint density at radius 3 is 2.79 bits per heavy atom. The van der Waals surface area contributed by atoms with Gasteiger partial charge in [0.05, 0.1) is 11.2 Å². The van der Waals surface area contributed by atoms with Gasteiger partial charge < -0.3 is 0 Å². The molecule has 0 saturated carbocycles. The van der Waals surface area contributed by atoms with Crippen molar-refractivity contribution in [1.82, 2.24) is 14.8 Å². The molecule has 0 radical (unpaired) electrons. The van der Waals surface area contributed by atoms with Crippen LogP contribution >= 0.6 is 0 Å². The van der Waals surface area contributed by atoms with E-state index in [0.717, 1.165) is 22.5 Å². The second kappa shape index (κ2) is 7.55. The van der Waals surface area contributed by atoms with Crippen LogP contribution in [0.15, 0.2) is 66.9 Å². The van der Waals surface area contributed by atoms with Crippen molar-refractivity contribution in [2.45, 2.75) is 6.42 Å². The fourth-order valence-electron chi connectivity index (χ4n) is 3.11. The summed E-state index contributed by atoms with van der Waals surface area (Å²) in [6, 6.07) is 16.5. The van der Waals surface area contributed by atoms with Crippen molar-refractivity contribution >= 4 is 23.0 Å². The number of halogens is 1. The van der Waals surface area contributed by atoms with Gasteiger partial charge in [-0.2, -0.15) is 5.10 Å². The fourth-order valence-corrected chi connectivity index (χ4v) is 3.11. The number of hydrogen-bond acceptors (Lipinski definition) is 5. The Morgan fingerprint density at radius 1 is 1.10 bits per heavy atom. The smallest absolute Gasteiger partial charge is 0.150 e. The average molecular weight is 385 g/mol. The molecular weight excluding hydrogens is 369 g/mol. The molecule has 0 aliphatic carbocycles. The summed E-state index contributed by atoms with van der Waals surface area (Å²) < 4.78 is 15.0. The zero-order chi connectivity index (χ0) is 20.4. The molecule has 29 heavy (non-hydrogen) atoms. The second-order valence-electron chi connectivity index (χ2n) is 6.56. The van der Waals surface area contributed by atoms with E-state index in [-0.39, 0.29) is 23.3 Å². The summed E-state index contributed by atoms with van der Waals surface area (Å²) >= 11 is 0. The Bertz CT molecular complexity index is 1310. The zero-order valence-electron chi connectivity index (χ0n) is 15.3. The summed E-state index contributed by atoms with van der Waals surface area (Å²) in [4.78, 5) is 15.3. The summed E-state index contributed by atoms with van der Waals surface area (Å²) in [5, 5.41) is 21.8. The Hall–Kier alpha value is -4.00. The van der Waals surface area contributed by atoms with Gasteiger partial charge in [-0.15, -0.1) is 0 Å². The van der Waals surface area contributed by atoms with Crippen LogP contribution < -0.4 is 5.49 Å². The van der Waals surface area contributed by atoms with Crippen molar-refractivity contribution in [1.29, 1.82) is 10.8 Å². The maximum absolute atomic E-state index is 13.8. The Balaban J connectivity index is 1.68. The van der Waals surface area contributed by atoms with Gasteiger partial charge in [0, 0.05) is 29.1 Å². The number of nitrogens with one attached hydrogen (secondary N) is 2. The first kappa shape index (κ1) is 18.4. The molecule has 142 valence electrons. The third kappa shape index (κ3) is 3.84. The lowest BCUT2D eigenvalue weighted by atomic mass is 10.1. The zero-order valence-corrected chi connectivity index (χ0v) is 15.3. The number of carbonyl (C=O) groups is 1. The monoisotopic (exact) mass is 385 g/mol. The predicted octanol–water partition coefficient (Wildman–Crippen LogP) is 3.60. The lowest BCUT2D eigenvalue weighted by molar-refractivity contribution is 0.112. The third-order valence-corrected chi connectivity index (χ3v) is 4.48. The molecule has 0 spiro atoms. The topological polar surface area (TPSA) is 95.5 Å². The maximum atomic E-state index is 13.8. The summed E-state index contributed by atoms with van der Waals surface area (Å²) in [6.07, 6.45) is 2.56. The molecule has 0 aliphatic heterocycles. The number of aromatic nitrogens is 3. The molecule has 4 rings (SSSR count). The molecule has 2 aromatic heterocycles. The van der Waals surface area contributed by atoms with Gasteiger partial charge in [0.2, 0.25) is 0 Å². The van der Waals surface area contributed by atoms with Crippen LogP contribution in [0.2, 0.25) is 0 Å². The van der Waals surface area contributed by atoms with Gasteiger partial charge in [0.15, 0.2) is 0 Å². The van der Waals surface area contributed by atoms with Crippen LogP contribution in [0.25, 0.3) is 22.2 Å².